The first kappa shape index (κ1) is 13.5. The maximum Gasteiger partial charge on any atom is 0.269 e. The molecule has 1 aliphatic rings. The lowest BCUT2D eigenvalue weighted by molar-refractivity contribution is -0.131. The zero-order valence-electron chi connectivity index (χ0n) is 10.4. The molecule has 2 amide bonds. The topological polar surface area (TPSA) is 49.7 Å². The lowest BCUT2D eigenvalue weighted by Crippen LogP contribution is -2.33. The lowest BCUT2D eigenvalue weighted by Gasteiger charge is -2.21. The Labute approximate surface area is 116 Å². The molecule has 0 fully saturated rings. The molecular formula is C14H13ClN2O2. The van der Waals surface area contributed by atoms with E-state index in [-0.39, 0.29) is 11.8 Å². The molecule has 2 rings (SSSR count). The summed E-state index contributed by atoms with van der Waals surface area (Å²) in [6.07, 6.45) is 4.24. The second-order valence-electron chi connectivity index (χ2n) is 4.29. The maximum atomic E-state index is 12.1. The molecule has 1 unspecified atom stereocenters. The van der Waals surface area contributed by atoms with Crippen molar-refractivity contribution in [3.63, 3.8) is 0 Å². The van der Waals surface area contributed by atoms with Crippen molar-refractivity contribution in [2.75, 3.05) is 7.05 Å². The number of dihydropyridines is 1. The molecule has 0 saturated carbocycles. The van der Waals surface area contributed by atoms with Gasteiger partial charge < -0.3 is 4.90 Å². The van der Waals surface area contributed by atoms with Crippen LogP contribution < -0.4 is 0 Å². The summed E-state index contributed by atoms with van der Waals surface area (Å²) in [7, 11) is 1.70. The van der Waals surface area contributed by atoms with Crippen LogP contribution in [0.25, 0.3) is 0 Å². The van der Waals surface area contributed by atoms with Crippen LogP contribution in [-0.2, 0) is 16.1 Å². The molecule has 0 spiro atoms. The highest BCUT2D eigenvalue weighted by molar-refractivity contribution is 6.31. The molecule has 0 aromatic heterocycles. The monoisotopic (exact) mass is 276 g/mol. The van der Waals surface area contributed by atoms with Crippen molar-refractivity contribution in [3.05, 3.63) is 47.0 Å². The van der Waals surface area contributed by atoms with Crippen LogP contribution in [-0.4, -0.2) is 30.0 Å². The fraction of sp³-hybridized carbons (Fsp3) is 0.214. The summed E-state index contributed by atoms with van der Waals surface area (Å²) >= 11 is 6.05. The highest BCUT2D eigenvalue weighted by atomic mass is 35.5. The van der Waals surface area contributed by atoms with E-state index in [2.05, 4.69) is 4.99 Å². The van der Waals surface area contributed by atoms with E-state index in [1.54, 1.807) is 24.1 Å². The van der Waals surface area contributed by atoms with E-state index in [1.165, 1.54) is 12.3 Å². The summed E-state index contributed by atoms with van der Waals surface area (Å²) < 4.78 is 0. The second kappa shape index (κ2) is 5.80. The predicted molar refractivity (Wildman–Crippen MR) is 74.1 cm³/mol. The van der Waals surface area contributed by atoms with E-state index in [0.29, 0.717) is 11.6 Å². The van der Waals surface area contributed by atoms with Crippen molar-refractivity contribution in [2.24, 2.45) is 10.9 Å². The first-order valence-electron chi connectivity index (χ1n) is 5.82. The van der Waals surface area contributed by atoms with Crippen LogP contribution in [0.5, 0.6) is 0 Å². The molecule has 1 aliphatic heterocycles. The molecular weight excluding hydrogens is 264 g/mol. The molecule has 1 aromatic carbocycles. The Morgan fingerprint density at radius 3 is 2.79 bits per heavy atom. The minimum atomic E-state index is -0.481. The van der Waals surface area contributed by atoms with Crippen LogP contribution in [0.3, 0.4) is 0 Å². The van der Waals surface area contributed by atoms with Gasteiger partial charge >= 0.3 is 0 Å². The van der Waals surface area contributed by atoms with Crippen molar-refractivity contribution in [1.29, 1.82) is 0 Å². The van der Waals surface area contributed by atoms with Crippen LogP contribution in [0.1, 0.15) is 5.56 Å². The third kappa shape index (κ3) is 3.29. The summed E-state index contributed by atoms with van der Waals surface area (Å²) in [4.78, 5) is 28.2. The Hall–Kier alpha value is -1.94. The number of halogens is 1. The average Bonchev–Trinajstić information content (AvgIpc) is 2.41. The van der Waals surface area contributed by atoms with Gasteiger partial charge in [0.05, 0.1) is 5.92 Å². The largest absolute Gasteiger partial charge is 0.341 e. The van der Waals surface area contributed by atoms with Gasteiger partial charge in [-0.3, -0.25) is 9.59 Å². The molecule has 98 valence electrons. The normalized spacial score (nSPS) is 17.6. The Kier molecular flexibility index (Phi) is 4.12. The number of hydrogen-bond acceptors (Lipinski definition) is 2. The molecule has 0 bridgehead atoms. The summed E-state index contributed by atoms with van der Waals surface area (Å²) in [5.41, 5.74) is 0.882. The standard InChI is InChI=1S/C14H13ClN2O2/c1-17(9-11-4-2-3-5-12(11)15)14(19)10-6-7-13(18)16-8-10/h2-8,10H,9H2,1H3. The van der Waals surface area contributed by atoms with Gasteiger partial charge in [0.15, 0.2) is 0 Å². The maximum absolute atomic E-state index is 12.1. The average molecular weight is 277 g/mol. The SMILES string of the molecule is CN(Cc1ccccc1Cl)C(=O)C1C=CC(=O)N=C1. The Bertz CT molecular complexity index is 550. The van der Waals surface area contributed by atoms with E-state index >= 15 is 0 Å². The van der Waals surface area contributed by atoms with Gasteiger partial charge in [-0.25, -0.2) is 4.99 Å². The number of carbonyl (C=O) groups is 2. The minimum absolute atomic E-state index is 0.118. The third-order valence-corrected chi connectivity index (χ3v) is 3.20. The van der Waals surface area contributed by atoms with Crippen molar-refractivity contribution >= 4 is 29.6 Å². The smallest absolute Gasteiger partial charge is 0.269 e. The van der Waals surface area contributed by atoms with E-state index in [0.717, 1.165) is 5.56 Å². The highest BCUT2D eigenvalue weighted by Gasteiger charge is 2.20. The fourth-order valence-electron chi connectivity index (χ4n) is 1.79. The molecule has 19 heavy (non-hydrogen) atoms. The van der Waals surface area contributed by atoms with Crippen LogP contribution in [0.4, 0.5) is 0 Å². The third-order valence-electron chi connectivity index (χ3n) is 2.84. The van der Waals surface area contributed by atoms with Gasteiger partial charge in [0, 0.05) is 30.9 Å². The van der Waals surface area contributed by atoms with Crippen LogP contribution in [0.2, 0.25) is 5.02 Å². The number of amides is 2. The number of nitrogens with zero attached hydrogens (tertiary/aromatic N) is 2. The number of carbonyl (C=O) groups excluding carboxylic acids is 2. The van der Waals surface area contributed by atoms with Gasteiger partial charge in [0.1, 0.15) is 0 Å². The fourth-order valence-corrected chi connectivity index (χ4v) is 1.99. The van der Waals surface area contributed by atoms with Crippen LogP contribution in [0, 0.1) is 5.92 Å². The zero-order chi connectivity index (χ0) is 13.8. The number of hydrogen-bond donors (Lipinski definition) is 0. The molecule has 1 heterocycles. The Balaban J connectivity index is 2.04. The van der Waals surface area contributed by atoms with Crippen molar-refractivity contribution < 1.29 is 9.59 Å². The number of rotatable bonds is 3. The molecule has 0 aliphatic carbocycles. The van der Waals surface area contributed by atoms with Crippen molar-refractivity contribution in [1.82, 2.24) is 4.90 Å². The number of aliphatic imine (C=N–C) groups is 1. The second-order valence-corrected chi connectivity index (χ2v) is 4.69. The predicted octanol–water partition coefficient (Wildman–Crippen LogP) is 2.08. The first-order chi connectivity index (χ1) is 9.08. The van der Waals surface area contributed by atoms with E-state index in [4.69, 9.17) is 11.6 Å². The summed E-state index contributed by atoms with van der Waals surface area (Å²) in [5, 5.41) is 0.630. The molecule has 1 atom stereocenters. The molecule has 5 heteroatoms. The van der Waals surface area contributed by atoms with Crippen molar-refractivity contribution in [2.45, 2.75) is 6.54 Å². The molecule has 4 nitrogen and oxygen atoms in total. The van der Waals surface area contributed by atoms with E-state index < -0.39 is 5.92 Å². The summed E-state index contributed by atoms with van der Waals surface area (Å²) in [6.45, 7) is 0.421. The van der Waals surface area contributed by atoms with Gasteiger partial charge in [-0.15, -0.1) is 0 Å². The number of benzene rings is 1. The summed E-state index contributed by atoms with van der Waals surface area (Å²) in [6, 6.07) is 7.38. The molecule has 0 N–H and O–H groups in total. The molecule has 0 radical (unpaired) electrons. The molecule has 1 aromatic rings. The van der Waals surface area contributed by atoms with Crippen LogP contribution in [0.15, 0.2) is 41.4 Å². The van der Waals surface area contributed by atoms with Crippen molar-refractivity contribution in [3.8, 4) is 0 Å². The Morgan fingerprint density at radius 2 is 2.16 bits per heavy atom. The van der Waals surface area contributed by atoms with Gasteiger partial charge in [-0.1, -0.05) is 35.9 Å². The van der Waals surface area contributed by atoms with E-state index in [9.17, 15) is 9.59 Å². The highest BCUT2D eigenvalue weighted by Crippen LogP contribution is 2.17. The van der Waals surface area contributed by atoms with Crippen LogP contribution >= 0.6 is 11.6 Å². The summed E-state index contributed by atoms with van der Waals surface area (Å²) in [5.74, 6) is -0.935. The lowest BCUT2D eigenvalue weighted by atomic mass is 10.1. The minimum Gasteiger partial charge on any atom is -0.341 e. The van der Waals surface area contributed by atoms with Gasteiger partial charge in [0.2, 0.25) is 5.91 Å². The first-order valence-corrected chi connectivity index (χ1v) is 6.20. The Morgan fingerprint density at radius 1 is 1.42 bits per heavy atom. The van der Waals surface area contributed by atoms with Gasteiger partial charge in [0.25, 0.3) is 5.91 Å². The van der Waals surface area contributed by atoms with Gasteiger partial charge in [-0.2, -0.15) is 0 Å². The molecule has 0 saturated heterocycles. The quantitative estimate of drug-likeness (QED) is 0.849. The zero-order valence-corrected chi connectivity index (χ0v) is 11.2. The van der Waals surface area contributed by atoms with E-state index in [1.807, 2.05) is 18.2 Å². The van der Waals surface area contributed by atoms with Gasteiger partial charge in [-0.05, 0) is 11.6 Å².